The summed E-state index contributed by atoms with van der Waals surface area (Å²) in [6.07, 6.45) is 1.47. The minimum Gasteiger partial charge on any atom is -0.398 e. The van der Waals surface area contributed by atoms with Gasteiger partial charge in [-0.15, -0.1) is 0 Å². The first kappa shape index (κ1) is 12.1. The summed E-state index contributed by atoms with van der Waals surface area (Å²) in [5.74, 6) is 0.193. The second-order valence-corrected chi connectivity index (χ2v) is 4.16. The number of aromatic nitrogens is 3. The second kappa shape index (κ2) is 4.48. The normalized spacial score (nSPS) is 10.4. The molecular weight excluding hydrogens is 230 g/mol. The number of nitrogen functional groups attached to an aromatic ring is 1. The van der Waals surface area contributed by atoms with Crippen LogP contribution in [-0.4, -0.2) is 20.7 Å². The SMILES string of the molecule is Cc1cc(N)c(C(=O)Nc2cc(C)n(C)n2)cn1. The van der Waals surface area contributed by atoms with E-state index < -0.39 is 0 Å². The molecule has 0 fully saturated rings. The molecule has 0 aliphatic heterocycles. The predicted molar refractivity (Wildman–Crippen MR) is 69.3 cm³/mol. The zero-order valence-electron chi connectivity index (χ0n) is 10.6. The molecule has 0 radical (unpaired) electrons. The molecule has 2 heterocycles. The number of carbonyl (C=O) groups excluding carboxylic acids is 1. The van der Waals surface area contributed by atoms with Gasteiger partial charge in [-0.05, 0) is 19.9 Å². The maximum absolute atomic E-state index is 12.0. The first-order chi connectivity index (χ1) is 8.47. The van der Waals surface area contributed by atoms with Gasteiger partial charge in [0, 0.05) is 36.4 Å². The highest BCUT2D eigenvalue weighted by molar-refractivity contribution is 6.07. The van der Waals surface area contributed by atoms with Crippen LogP contribution < -0.4 is 11.1 Å². The van der Waals surface area contributed by atoms with Gasteiger partial charge in [-0.1, -0.05) is 0 Å². The van der Waals surface area contributed by atoms with Crippen molar-refractivity contribution in [2.24, 2.45) is 7.05 Å². The lowest BCUT2D eigenvalue weighted by molar-refractivity contribution is 0.102. The van der Waals surface area contributed by atoms with Gasteiger partial charge in [-0.25, -0.2) is 0 Å². The fourth-order valence-corrected chi connectivity index (χ4v) is 1.58. The molecule has 0 unspecified atom stereocenters. The van der Waals surface area contributed by atoms with Crippen LogP contribution in [0.1, 0.15) is 21.7 Å². The van der Waals surface area contributed by atoms with E-state index in [1.165, 1.54) is 6.20 Å². The minimum absolute atomic E-state index is 0.307. The number of amides is 1. The average molecular weight is 245 g/mol. The third-order valence-corrected chi connectivity index (χ3v) is 2.67. The number of nitrogens with one attached hydrogen (secondary N) is 1. The minimum atomic E-state index is -0.307. The van der Waals surface area contributed by atoms with Crippen LogP contribution in [0.25, 0.3) is 0 Å². The number of nitrogens with two attached hydrogens (primary N) is 1. The number of hydrogen-bond donors (Lipinski definition) is 2. The van der Waals surface area contributed by atoms with Crippen LogP contribution in [0.4, 0.5) is 11.5 Å². The molecular formula is C12H15N5O. The van der Waals surface area contributed by atoms with E-state index in [1.807, 2.05) is 20.9 Å². The number of carbonyl (C=O) groups is 1. The molecule has 6 heteroatoms. The Bertz CT molecular complexity index is 583. The number of aryl methyl sites for hydroxylation is 3. The predicted octanol–water partition coefficient (Wildman–Crippen LogP) is 1.27. The van der Waals surface area contributed by atoms with Crippen molar-refractivity contribution in [3.8, 4) is 0 Å². The Hall–Kier alpha value is -2.37. The van der Waals surface area contributed by atoms with Crippen LogP contribution in [0.5, 0.6) is 0 Å². The van der Waals surface area contributed by atoms with Gasteiger partial charge in [-0.3, -0.25) is 14.5 Å². The Kier molecular flexibility index (Phi) is 3.01. The number of pyridine rings is 1. The van der Waals surface area contributed by atoms with Crippen molar-refractivity contribution >= 4 is 17.4 Å². The van der Waals surface area contributed by atoms with Crippen LogP contribution in [0.2, 0.25) is 0 Å². The van der Waals surface area contributed by atoms with E-state index in [0.717, 1.165) is 11.4 Å². The number of nitrogens with zero attached hydrogens (tertiary/aromatic N) is 3. The van der Waals surface area contributed by atoms with Crippen molar-refractivity contribution in [1.29, 1.82) is 0 Å². The van der Waals surface area contributed by atoms with E-state index in [9.17, 15) is 4.79 Å². The molecule has 2 aromatic rings. The van der Waals surface area contributed by atoms with Gasteiger partial charge in [0.2, 0.25) is 0 Å². The van der Waals surface area contributed by atoms with Crippen molar-refractivity contribution in [1.82, 2.24) is 14.8 Å². The molecule has 3 N–H and O–H groups in total. The third kappa shape index (κ3) is 2.32. The van der Waals surface area contributed by atoms with Crippen LogP contribution in [0.3, 0.4) is 0 Å². The van der Waals surface area contributed by atoms with Crippen molar-refractivity contribution in [2.45, 2.75) is 13.8 Å². The first-order valence-electron chi connectivity index (χ1n) is 5.51. The van der Waals surface area contributed by atoms with Crippen molar-refractivity contribution in [3.05, 3.63) is 35.3 Å². The molecule has 0 saturated heterocycles. The average Bonchev–Trinajstić information content (AvgIpc) is 2.57. The maximum Gasteiger partial charge on any atom is 0.260 e. The summed E-state index contributed by atoms with van der Waals surface area (Å²) in [6, 6.07) is 3.45. The lowest BCUT2D eigenvalue weighted by Gasteiger charge is -2.05. The highest BCUT2D eigenvalue weighted by Crippen LogP contribution is 2.14. The largest absolute Gasteiger partial charge is 0.398 e. The molecule has 0 aliphatic rings. The topological polar surface area (TPSA) is 85.8 Å². The van der Waals surface area contributed by atoms with E-state index in [2.05, 4.69) is 15.4 Å². The molecule has 6 nitrogen and oxygen atoms in total. The Morgan fingerprint density at radius 2 is 2.11 bits per heavy atom. The molecule has 0 bridgehead atoms. The molecule has 0 aliphatic carbocycles. The van der Waals surface area contributed by atoms with Gasteiger partial charge in [0.05, 0.1) is 5.56 Å². The maximum atomic E-state index is 12.0. The third-order valence-electron chi connectivity index (χ3n) is 2.67. The lowest BCUT2D eigenvalue weighted by Crippen LogP contribution is -2.15. The number of hydrogen-bond acceptors (Lipinski definition) is 4. The van der Waals surface area contributed by atoms with E-state index in [4.69, 9.17) is 5.73 Å². The molecule has 0 saturated carbocycles. The molecule has 1 amide bonds. The fourth-order valence-electron chi connectivity index (χ4n) is 1.58. The molecule has 0 atom stereocenters. The zero-order chi connectivity index (χ0) is 13.3. The second-order valence-electron chi connectivity index (χ2n) is 4.16. The highest BCUT2D eigenvalue weighted by Gasteiger charge is 2.12. The van der Waals surface area contributed by atoms with Gasteiger partial charge >= 0.3 is 0 Å². The fraction of sp³-hybridized carbons (Fsp3) is 0.250. The quantitative estimate of drug-likeness (QED) is 0.834. The molecule has 2 rings (SSSR count). The van der Waals surface area contributed by atoms with Crippen LogP contribution in [0.15, 0.2) is 18.3 Å². The molecule has 2 aromatic heterocycles. The van der Waals surface area contributed by atoms with Gasteiger partial charge in [-0.2, -0.15) is 5.10 Å². The van der Waals surface area contributed by atoms with Crippen molar-refractivity contribution in [2.75, 3.05) is 11.1 Å². The monoisotopic (exact) mass is 245 g/mol. The zero-order valence-corrected chi connectivity index (χ0v) is 10.6. The van der Waals surface area contributed by atoms with Crippen LogP contribution >= 0.6 is 0 Å². The Balaban J connectivity index is 2.22. The molecule has 0 spiro atoms. The van der Waals surface area contributed by atoms with Gasteiger partial charge in [0.15, 0.2) is 5.82 Å². The summed E-state index contributed by atoms with van der Waals surface area (Å²) in [5.41, 5.74) is 8.28. The van der Waals surface area contributed by atoms with E-state index in [0.29, 0.717) is 17.1 Å². The highest BCUT2D eigenvalue weighted by atomic mass is 16.1. The number of rotatable bonds is 2. The molecule has 0 aromatic carbocycles. The van der Waals surface area contributed by atoms with E-state index in [-0.39, 0.29) is 5.91 Å². The summed E-state index contributed by atoms with van der Waals surface area (Å²) < 4.78 is 1.69. The molecule has 18 heavy (non-hydrogen) atoms. The Labute approximate surface area is 105 Å². The van der Waals surface area contributed by atoms with Gasteiger partial charge < -0.3 is 11.1 Å². The standard InChI is InChI=1S/C12H15N5O/c1-7-4-10(13)9(6-14-7)12(18)15-11-5-8(2)17(3)16-11/h4-6H,1-3H3,(H2,13,14)(H,15,16,18). The van der Waals surface area contributed by atoms with Crippen LogP contribution in [0, 0.1) is 13.8 Å². The number of anilines is 2. The smallest absolute Gasteiger partial charge is 0.260 e. The lowest BCUT2D eigenvalue weighted by atomic mass is 10.2. The van der Waals surface area contributed by atoms with E-state index in [1.54, 1.807) is 16.8 Å². The summed E-state index contributed by atoms with van der Waals surface area (Å²) in [5, 5.41) is 6.84. The Morgan fingerprint density at radius 1 is 1.39 bits per heavy atom. The van der Waals surface area contributed by atoms with Crippen LogP contribution in [-0.2, 0) is 7.05 Å². The summed E-state index contributed by atoms with van der Waals surface area (Å²) in [7, 11) is 1.81. The Morgan fingerprint density at radius 3 is 2.67 bits per heavy atom. The van der Waals surface area contributed by atoms with Gasteiger partial charge in [0.1, 0.15) is 0 Å². The van der Waals surface area contributed by atoms with Crippen molar-refractivity contribution < 1.29 is 4.79 Å². The molecule has 94 valence electrons. The summed E-state index contributed by atoms with van der Waals surface area (Å²) >= 11 is 0. The van der Waals surface area contributed by atoms with E-state index >= 15 is 0 Å². The summed E-state index contributed by atoms with van der Waals surface area (Å²) in [6.45, 7) is 3.73. The summed E-state index contributed by atoms with van der Waals surface area (Å²) in [4.78, 5) is 16.0. The first-order valence-corrected chi connectivity index (χ1v) is 5.51. The van der Waals surface area contributed by atoms with Crippen molar-refractivity contribution in [3.63, 3.8) is 0 Å². The van der Waals surface area contributed by atoms with Gasteiger partial charge in [0.25, 0.3) is 5.91 Å².